The van der Waals surface area contributed by atoms with Crippen LogP contribution in [0.3, 0.4) is 0 Å². The van der Waals surface area contributed by atoms with Gasteiger partial charge >= 0.3 is 6.18 Å². The molecular formula is C26H28ClF4N7. The van der Waals surface area contributed by atoms with Crippen molar-refractivity contribution in [1.82, 2.24) is 29.1 Å². The molecule has 0 N–H and O–H groups in total. The first-order valence-electron chi connectivity index (χ1n) is 12.5. The minimum absolute atomic E-state index is 0.0297. The van der Waals surface area contributed by atoms with Gasteiger partial charge in [-0.15, -0.1) is 0 Å². The third kappa shape index (κ3) is 4.79. The lowest BCUT2D eigenvalue weighted by atomic mass is 10.1. The molecule has 1 atom stereocenters. The zero-order valence-corrected chi connectivity index (χ0v) is 22.2. The number of imidazole rings is 1. The second kappa shape index (κ2) is 9.76. The Hall–Kier alpha value is -3.34. The highest BCUT2D eigenvalue weighted by molar-refractivity contribution is 6.32. The fraction of sp³-hybridized carbons (Fsp3) is 0.423. The molecule has 1 aliphatic rings. The van der Waals surface area contributed by atoms with Crippen LogP contribution in [-0.4, -0.2) is 35.7 Å². The Morgan fingerprint density at radius 3 is 2.58 bits per heavy atom. The van der Waals surface area contributed by atoms with Gasteiger partial charge in [-0.1, -0.05) is 24.6 Å². The molecule has 38 heavy (non-hydrogen) atoms. The van der Waals surface area contributed by atoms with Crippen LogP contribution in [0.25, 0.3) is 22.8 Å². The van der Waals surface area contributed by atoms with Gasteiger partial charge in [0.25, 0.3) is 0 Å². The normalized spacial score (nSPS) is 15.9. The van der Waals surface area contributed by atoms with Crippen molar-refractivity contribution in [2.75, 3.05) is 11.4 Å². The third-order valence-electron chi connectivity index (χ3n) is 6.64. The van der Waals surface area contributed by atoms with E-state index in [4.69, 9.17) is 16.7 Å². The number of hydrogen-bond acceptors (Lipinski definition) is 4. The van der Waals surface area contributed by atoms with Crippen molar-refractivity contribution in [2.45, 2.75) is 59.5 Å². The average Bonchev–Trinajstić information content (AvgIpc) is 3.55. The molecule has 0 saturated heterocycles. The van der Waals surface area contributed by atoms with Gasteiger partial charge in [0.2, 0.25) is 0 Å². The maximum Gasteiger partial charge on any atom is 0.434 e. The van der Waals surface area contributed by atoms with Crippen molar-refractivity contribution >= 4 is 17.4 Å². The summed E-state index contributed by atoms with van der Waals surface area (Å²) in [6.45, 7) is 9.95. The molecule has 0 bridgehead atoms. The molecule has 1 unspecified atom stereocenters. The maximum atomic E-state index is 15.2. The van der Waals surface area contributed by atoms with Gasteiger partial charge in [-0.2, -0.15) is 23.4 Å². The summed E-state index contributed by atoms with van der Waals surface area (Å²) < 4.78 is 59.9. The van der Waals surface area contributed by atoms with Gasteiger partial charge in [-0.3, -0.25) is 4.68 Å². The molecule has 7 nitrogen and oxygen atoms in total. The van der Waals surface area contributed by atoms with Crippen molar-refractivity contribution in [3.63, 3.8) is 0 Å². The highest BCUT2D eigenvalue weighted by Gasteiger charge is 2.35. The van der Waals surface area contributed by atoms with Crippen molar-refractivity contribution in [3.8, 4) is 22.8 Å². The number of halogens is 5. The SMILES string of the molecule is CCn1cc(C(F)(F)F)nc1-c1ccc(CN2CC(C)Cn3nc(-c4c(Cl)cnn4C(C)C)cc32)cc1F. The highest BCUT2D eigenvalue weighted by Crippen LogP contribution is 2.35. The van der Waals surface area contributed by atoms with Crippen LogP contribution >= 0.6 is 11.6 Å². The van der Waals surface area contributed by atoms with E-state index in [0.717, 1.165) is 30.8 Å². The van der Waals surface area contributed by atoms with E-state index in [1.54, 1.807) is 19.2 Å². The number of benzene rings is 1. The lowest BCUT2D eigenvalue weighted by molar-refractivity contribution is -0.140. The Morgan fingerprint density at radius 2 is 1.92 bits per heavy atom. The van der Waals surface area contributed by atoms with Crippen LogP contribution in [0.15, 0.2) is 36.7 Å². The van der Waals surface area contributed by atoms with E-state index in [2.05, 4.69) is 21.9 Å². The lowest BCUT2D eigenvalue weighted by Crippen LogP contribution is -2.36. The number of aromatic nitrogens is 6. The van der Waals surface area contributed by atoms with Crippen molar-refractivity contribution in [2.24, 2.45) is 5.92 Å². The van der Waals surface area contributed by atoms with Crippen molar-refractivity contribution in [1.29, 1.82) is 0 Å². The Labute approximate surface area is 222 Å². The number of nitrogens with zero attached hydrogens (tertiary/aromatic N) is 7. The monoisotopic (exact) mass is 549 g/mol. The van der Waals surface area contributed by atoms with Crippen LogP contribution in [0.2, 0.25) is 5.02 Å². The molecule has 5 rings (SSSR count). The fourth-order valence-electron chi connectivity index (χ4n) is 4.92. The topological polar surface area (TPSA) is 56.7 Å². The van der Waals surface area contributed by atoms with E-state index in [-0.39, 0.29) is 24.0 Å². The first-order chi connectivity index (χ1) is 18.0. The summed E-state index contributed by atoms with van der Waals surface area (Å²) in [4.78, 5) is 5.80. The van der Waals surface area contributed by atoms with Crippen LogP contribution in [0.5, 0.6) is 0 Å². The molecule has 1 aromatic carbocycles. The van der Waals surface area contributed by atoms with E-state index < -0.39 is 17.7 Å². The molecule has 4 heterocycles. The molecule has 3 aromatic heterocycles. The molecule has 202 valence electrons. The molecule has 0 aliphatic carbocycles. The van der Waals surface area contributed by atoms with Crippen LogP contribution in [0, 0.1) is 11.7 Å². The summed E-state index contributed by atoms with van der Waals surface area (Å²) in [5.74, 6) is 0.509. The van der Waals surface area contributed by atoms with Gasteiger partial charge in [0.15, 0.2) is 5.69 Å². The largest absolute Gasteiger partial charge is 0.434 e. The molecule has 0 amide bonds. The predicted molar refractivity (Wildman–Crippen MR) is 137 cm³/mol. The van der Waals surface area contributed by atoms with Gasteiger partial charge in [0, 0.05) is 44.5 Å². The number of aryl methyl sites for hydroxylation is 1. The number of rotatable bonds is 6. The van der Waals surface area contributed by atoms with Crippen molar-refractivity contribution < 1.29 is 17.6 Å². The van der Waals surface area contributed by atoms with Crippen molar-refractivity contribution in [3.05, 3.63) is 58.8 Å². The average molecular weight is 550 g/mol. The molecule has 0 saturated carbocycles. The lowest BCUT2D eigenvalue weighted by Gasteiger charge is -2.33. The van der Waals surface area contributed by atoms with Crippen LogP contribution in [0.1, 0.15) is 45.0 Å². The summed E-state index contributed by atoms with van der Waals surface area (Å²) >= 11 is 6.46. The predicted octanol–water partition coefficient (Wildman–Crippen LogP) is 6.68. The van der Waals surface area contributed by atoms with E-state index in [9.17, 15) is 13.2 Å². The molecule has 4 aromatic rings. The molecule has 0 spiro atoms. The minimum atomic E-state index is -4.60. The molecule has 0 fully saturated rings. The molecular weight excluding hydrogens is 522 g/mol. The van der Waals surface area contributed by atoms with Gasteiger partial charge in [-0.05, 0) is 44.4 Å². The summed E-state index contributed by atoms with van der Waals surface area (Å²) in [7, 11) is 0. The molecule has 12 heteroatoms. The fourth-order valence-corrected chi connectivity index (χ4v) is 5.15. The number of anilines is 1. The second-order valence-corrected chi connectivity index (χ2v) is 10.4. The Bertz CT molecular complexity index is 1470. The Balaban J connectivity index is 1.45. The summed E-state index contributed by atoms with van der Waals surface area (Å²) in [5, 5.41) is 9.70. The minimum Gasteiger partial charge on any atom is -0.352 e. The van der Waals surface area contributed by atoms with Crippen LogP contribution in [0.4, 0.5) is 23.4 Å². The van der Waals surface area contributed by atoms with Gasteiger partial charge in [0.1, 0.15) is 28.8 Å². The molecule has 1 aliphatic heterocycles. The first kappa shape index (κ1) is 26.3. The number of hydrogen-bond donors (Lipinski definition) is 0. The number of alkyl halides is 3. The number of fused-ring (bicyclic) bond motifs is 1. The quantitative estimate of drug-likeness (QED) is 0.252. The summed E-state index contributed by atoms with van der Waals surface area (Å²) in [6, 6.07) is 6.66. The zero-order valence-electron chi connectivity index (χ0n) is 21.5. The highest BCUT2D eigenvalue weighted by atomic mass is 35.5. The second-order valence-electron chi connectivity index (χ2n) is 9.98. The van der Waals surface area contributed by atoms with Crippen LogP contribution in [-0.2, 0) is 25.8 Å². The standard InChI is InChI=1S/C26H28ClF4N7/c1-5-35-14-22(26(29,30)31)33-25(35)18-7-6-17(8-20(18)28)13-36-11-16(4)12-37-23(36)9-21(34-37)24-19(27)10-32-38(24)15(2)3/h6-10,14-16H,5,11-13H2,1-4H3. The summed E-state index contributed by atoms with van der Waals surface area (Å²) in [5.41, 5.74) is 1.13. The smallest absolute Gasteiger partial charge is 0.352 e. The van der Waals surface area contributed by atoms with E-state index in [0.29, 0.717) is 28.7 Å². The Kier molecular flexibility index (Phi) is 6.75. The van der Waals surface area contributed by atoms with Crippen LogP contribution < -0.4 is 4.90 Å². The summed E-state index contributed by atoms with van der Waals surface area (Å²) in [6.07, 6.45) is -2.08. The van der Waals surface area contributed by atoms with E-state index >= 15 is 4.39 Å². The third-order valence-corrected chi connectivity index (χ3v) is 6.91. The maximum absolute atomic E-state index is 15.2. The molecule has 0 radical (unpaired) electrons. The van der Waals surface area contributed by atoms with Gasteiger partial charge in [-0.25, -0.2) is 14.1 Å². The Morgan fingerprint density at radius 1 is 1.16 bits per heavy atom. The van der Waals surface area contributed by atoms with E-state index in [1.165, 1.54) is 16.7 Å². The van der Waals surface area contributed by atoms with Gasteiger partial charge in [0.05, 0.1) is 16.8 Å². The van der Waals surface area contributed by atoms with Gasteiger partial charge < -0.3 is 9.47 Å². The zero-order chi connectivity index (χ0) is 27.4. The van der Waals surface area contributed by atoms with E-state index in [1.807, 2.05) is 29.3 Å². The first-order valence-corrected chi connectivity index (χ1v) is 12.8.